The fraction of sp³-hybridized carbons (Fsp3) is 1.00. The summed E-state index contributed by atoms with van der Waals surface area (Å²) in [6.07, 6.45) is 1.23. The second kappa shape index (κ2) is 5.20. The van der Waals surface area contributed by atoms with Crippen LogP contribution < -0.4 is 0 Å². The molecule has 0 radical (unpaired) electrons. The SMILES string of the molecule is CC[Si](C)(CC)CCCCl. The minimum Gasteiger partial charge on any atom is -0.127 e. The second-order valence-electron chi connectivity index (χ2n) is 3.31. The van der Waals surface area contributed by atoms with Crippen LogP contribution in [-0.4, -0.2) is 14.0 Å². The number of rotatable bonds is 5. The van der Waals surface area contributed by atoms with E-state index < -0.39 is 8.07 Å². The van der Waals surface area contributed by atoms with Crippen LogP contribution >= 0.6 is 11.6 Å². The van der Waals surface area contributed by atoms with E-state index in [1.807, 2.05) is 0 Å². The van der Waals surface area contributed by atoms with Crippen LogP contribution in [0.3, 0.4) is 0 Å². The summed E-state index contributed by atoms with van der Waals surface area (Å²) < 4.78 is 0. The molecule has 0 aliphatic rings. The second-order valence-corrected chi connectivity index (χ2v) is 9.22. The Morgan fingerprint density at radius 1 is 1.20 bits per heavy atom. The van der Waals surface area contributed by atoms with Gasteiger partial charge in [0.05, 0.1) is 0 Å². The predicted molar refractivity (Wildman–Crippen MR) is 52.7 cm³/mol. The molecule has 2 heteroatoms. The summed E-state index contributed by atoms with van der Waals surface area (Å²) in [5.74, 6) is 0.850. The maximum absolute atomic E-state index is 5.64. The molecule has 0 aromatic carbocycles. The Bertz CT molecular complexity index is 79.3. The van der Waals surface area contributed by atoms with Gasteiger partial charge in [0, 0.05) is 14.0 Å². The van der Waals surface area contributed by atoms with Gasteiger partial charge >= 0.3 is 0 Å². The van der Waals surface area contributed by atoms with E-state index in [9.17, 15) is 0 Å². The van der Waals surface area contributed by atoms with E-state index in [4.69, 9.17) is 11.6 Å². The van der Waals surface area contributed by atoms with Gasteiger partial charge in [-0.1, -0.05) is 38.5 Å². The van der Waals surface area contributed by atoms with Crippen LogP contribution in [0.4, 0.5) is 0 Å². The third-order valence-electron chi connectivity index (χ3n) is 2.62. The molecule has 0 rings (SSSR count). The average Bonchev–Trinajstić information content (AvgIpc) is 2.00. The molecule has 62 valence electrons. The molecule has 0 aromatic heterocycles. The zero-order valence-electron chi connectivity index (χ0n) is 7.41. The molecular formula is C8H19ClSi. The van der Waals surface area contributed by atoms with Crippen LogP contribution in [-0.2, 0) is 0 Å². The molecule has 10 heavy (non-hydrogen) atoms. The Balaban J connectivity index is 3.58. The summed E-state index contributed by atoms with van der Waals surface area (Å²) in [6.45, 7) is 7.13. The smallest absolute Gasteiger partial charge is 0.0499 e. The average molecular weight is 179 g/mol. The van der Waals surface area contributed by atoms with E-state index in [0.717, 1.165) is 5.88 Å². The quantitative estimate of drug-likeness (QED) is 0.445. The molecule has 0 bridgehead atoms. The summed E-state index contributed by atoms with van der Waals surface area (Å²) in [7, 11) is -0.803. The molecule has 0 heterocycles. The highest BCUT2D eigenvalue weighted by Crippen LogP contribution is 2.21. The van der Waals surface area contributed by atoms with Crippen molar-refractivity contribution in [1.29, 1.82) is 0 Å². The predicted octanol–water partition coefficient (Wildman–Crippen LogP) is 3.73. The van der Waals surface area contributed by atoms with E-state index in [2.05, 4.69) is 20.4 Å². The van der Waals surface area contributed by atoms with E-state index in [1.165, 1.54) is 24.6 Å². The van der Waals surface area contributed by atoms with Crippen molar-refractivity contribution in [3.05, 3.63) is 0 Å². The molecule has 0 fully saturated rings. The van der Waals surface area contributed by atoms with Crippen molar-refractivity contribution < 1.29 is 0 Å². The highest BCUT2D eigenvalue weighted by atomic mass is 35.5. The maximum Gasteiger partial charge on any atom is 0.0499 e. The van der Waals surface area contributed by atoms with E-state index >= 15 is 0 Å². The lowest BCUT2D eigenvalue weighted by Crippen LogP contribution is -2.27. The van der Waals surface area contributed by atoms with Crippen molar-refractivity contribution in [2.24, 2.45) is 0 Å². The topological polar surface area (TPSA) is 0 Å². The van der Waals surface area contributed by atoms with Crippen LogP contribution in [0.25, 0.3) is 0 Å². The lowest BCUT2D eigenvalue weighted by molar-refractivity contribution is 1.02. The van der Waals surface area contributed by atoms with Gasteiger partial charge in [0.25, 0.3) is 0 Å². The lowest BCUT2D eigenvalue weighted by Gasteiger charge is -2.23. The van der Waals surface area contributed by atoms with Crippen LogP contribution in [0.15, 0.2) is 0 Å². The fourth-order valence-corrected chi connectivity index (χ4v) is 3.69. The van der Waals surface area contributed by atoms with Gasteiger partial charge in [0.2, 0.25) is 0 Å². The summed E-state index contributed by atoms with van der Waals surface area (Å²) in [6, 6.07) is 4.25. The molecule has 0 N–H and O–H groups in total. The molecule has 0 amide bonds. The molecule has 0 atom stereocenters. The highest BCUT2D eigenvalue weighted by Gasteiger charge is 2.20. The maximum atomic E-state index is 5.64. The van der Waals surface area contributed by atoms with Gasteiger partial charge < -0.3 is 0 Å². The third kappa shape index (κ3) is 3.62. The first-order chi connectivity index (χ1) is 4.68. The van der Waals surface area contributed by atoms with Gasteiger partial charge in [-0.2, -0.15) is 0 Å². The highest BCUT2D eigenvalue weighted by molar-refractivity contribution is 6.78. The first-order valence-electron chi connectivity index (χ1n) is 4.24. The van der Waals surface area contributed by atoms with Gasteiger partial charge in [-0.15, -0.1) is 11.6 Å². The summed E-state index contributed by atoms with van der Waals surface area (Å²) in [5.41, 5.74) is 0. The van der Waals surface area contributed by atoms with Crippen molar-refractivity contribution in [2.45, 2.75) is 44.9 Å². The Morgan fingerprint density at radius 3 is 2.00 bits per heavy atom. The van der Waals surface area contributed by atoms with Crippen LogP contribution in [0.1, 0.15) is 20.3 Å². The fourth-order valence-electron chi connectivity index (χ4n) is 1.10. The van der Waals surface area contributed by atoms with Crippen LogP contribution in [0, 0.1) is 0 Å². The first-order valence-corrected chi connectivity index (χ1v) is 7.90. The largest absolute Gasteiger partial charge is 0.127 e. The number of hydrogen-bond acceptors (Lipinski definition) is 0. The van der Waals surface area contributed by atoms with Crippen molar-refractivity contribution in [3.63, 3.8) is 0 Å². The first kappa shape index (κ1) is 10.5. The van der Waals surface area contributed by atoms with E-state index in [0.29, 0.717) is 0 Å². The van der Waals surface area contributed by atoms with Crippen LogP contribution in [0.2, 0.25) is 24.7 Å². The van der Waals surface area contributed by atoms with E-state index in [-0.39, 0.29) is 0 Å². The monoisotopic (exact) mass is 178 g/mol. The zero-order chi connectivity index (χ0) is 8.04. The minimum absolute atomic E-state index is 0.803. The van der Waals surface area contributed by atoms with Crippen molar-refractivity contribution in [3.8, 4) is 0 Å². The summed E-state index contributed by atoms with van der Waals surface area (Å²) in [5, 5.41) is 0. The number of hydrogen-bond donors (Lipinski definition) is 0. The normalized spacial score (nSPS) is 12.0. The molecule has 0 aliphatic heterocycles. The molecule has 0 saturated carbocycles. The molecule has 0 unspecified atom stereocenters. The van der Waals surface area contributed by atoms with Gasteiger partial charge in [-0.25, -0.2) is 0 Å². The van der Waals surface area contributed by atoms with Gasteiger partial charge in [0.15, 0.2) is 0 Å². The Hall–Kier alpha value is 0.507. The third-order valence-corrected chi connectivity index (χ3v) is 7.86. The van der Waals surface area contributed by atoms with Gasteiger partial charge in [-0.3, -0.25) is 0 Å². The van der Waals surface area contributed by atoms with Crippen molar-refractivity contribution in [1.82, 2.24) is 0 Å². The Kier molecular flexibility index (Phi) is 5.46. The van der Waals surface area contributed by atoms with Gasteiger partial charge in [0.1, 0.15) is 0 Å². The molecular weight excluding hydrogens is 160 g/mol. The number of alkyl halides is 1. The Labute approximate surface area is 71.0 Å². The van der Waals surface area contributed by atoms with E-state index in [1.54, 1.807) is 0 Å². The van der Waals surface area contributed by atoms with Gasteiger partial charge in [-0.05, 0) is 6.42 Å². The summed E-state index contributed by atoms with van der Waals surface area (Å²) >= 11 is 5.64. The summed E-state index contributed by atoms with van der Waals surface area (Å²) in [4.78, 5) is 0. The lowest BCUT2D eigenvalue weighted by atomic mass is 10.6. The molecule has 0 spiro atoms. The standard InChI is InChI=1S/C8H19ClSi/c1-4-10(3,5-2)8-6-7-9/h4-8H2,1-3H3. The molecule has 0 aliphatic carbocycles. The Morgan fingerprint density at radius 2 is 1.70 bits per heavy atom. The minimum atomic E-state index is -0.803. The molecule has 0 aromatic rings. The van der Waals surface area contributed by atoms with Crippen molar-refractivity contribution >= 4 is 19.7 Å². The number of halogens is 1. The zero-order valence-corrected chi connectivity index (χ0v) is 9.17. The van der Waals surface area contributed by atoms with Crippen molar-refractivity contribution in [2.75, 3.05) is 5.88 Å². The molecule has 0 saturated heterocycles. The molecule has 0 nitrogen and oxygen atoms in total. The van der Waals surface area contributed by atoms with Crippen LogP contribution in [0.5, 0.6) is 0 Å².